The Balaban J connectivity index is 2.07. The van der Waals surface area contributed by atoms with Crippen molar-refractivity contribution in [3.63, 3.8) is 0 Å². The zero-order valence-corrected chi connectivity index (χ0v) is 12.3. The molecule has 6 heteroatoms. The van der Waals surface area contributed by atoms with E-state index in [1.165, 1.54) is 0 Å². The highest BCUT2D eigenvalue weighted by atomic mass is 35.5. The molecule has 1 unspecified atom stereocenters. The lowest BCUT2D eigenvalue weighted by Gasteiger charge is -2.20. The van der Waals surface area contributed by atoms with Gasteiger partial charge in [-0.15, -0.1) is 0 Å². The third-order valence-corrected chi connectivity index (χ3v) is 4.88. The lowest BCUT2D eigenvalue weighted by molar-refractivity contribution is -0.128. The molecule has 2 N–H and O–H groups in total. The van der Waals surface area contributed by atoms with Crippen molar-refractivity contribution >= 4 is 34.0 Å². The van der Waals surface area contributed by atoms with Crippen LogP contribution in [0.15, 0.2) is 23.1 Å². The topological polar surface area (TPSA) is 63.4 Å². The first-order valence-corrected chi connectivity index (χ1v) is 7.95. The Labute approximate surface area is 120 Å². The first-order valence-electron chi connectivity index (χ1n) is 6.25. The van der Waals surface area contributed by atoms with Crippen LogP contribution in [0, 0.1) is 0 Å². The summed E-state index contributed by atoms with van der Waals surface area (Å²) in [7, 11) is -1.45. The Morgan fingerprint density at radius 2 is 2.21 bits per heavy atom. The SMILES string of the molecule is CCN(C(=O)CS(=O)c1cc(N)ccc1Cl)C1CC1. The minimum atomic E-state index is -1.45. The van der Waals surface area contributed by atoms with Crippen molar-refractivity contribution in [2.75, 3.05) is 18.0 Å². The summed E-state index contributed by atoms with van der Waals surface area (Å²) in [6.45, 7) is 2.60. The van der Waals surface area contributed by atoms with Crippen LogP contribution in [-0.4, -0.2) is 33.4 Å². The number of benzene rings is 1. The van der Waals surface area contributed by atoms with Crippen LogP contribution in [-0.2, 0) is 15.6 Å². The van der Waals surface area contributed by atoms with E-state index in [9.17, 15) is 9.00 Å². The Bertz CT molecular complexity index is 517. The van der Waals surface area contributed by atoms with Crippen molar-refractivity contribution in [3.8, 4) is 0 Å². The first kappa shape index (κ1) is 14.3. The predicted octanol–water partition coefficient (Wildman–Crippen LogP) is 2.04. The van der Waals surface area contributed by atoms with Gasteiger partial charge >= 0.3 is 0 Å². The average Bonchev–Trinajstić information content (AvgIpc) is 3.17. The van der Waals surface area contributed by atoms with Gasteiger partial charge in [0.15, 0.2) is 0 Å². The third kappa shape index (κ3) is 3.48. The molecule has 0 spiro atoms. The van der Waals surface area contributed by atoms with Gasteiger partial charge in [-0.1, -0.05) is 11.6 Å². The number of carbonyl (C=O) groups excluding carboxylic acids is 1. The van der Waals surface area contributed by atoms with Gasteiger partial charge in [-0.05, 0) is 38.0 Å². The number of halogens is 1. The zero-order valence-electron chi connectivity index (χ0n) is 10.8. The van der Waals surface area contributed by atoms with Crippen molar-refractivity contribution in [1.82, 2.24) is 4.90 Å². The maximum atomic E-state index is 12.2. The summed E-state index contributed by atoms with van der Waals surface area (Å²) in [5.41, 5.74) is 6.15. The fourth-order valence-electron chi connectivity index (χ4n) is 1.99. The first-order chi connectivity index (χ1) is 9.02. The number of amides is 1. The summed E-state index contributed by atoms with van der Waals surface area (Å²) in [5, 5.41) is 0.384. The molecule has 0 aliphatic heterocycles. The van der Waals surface area contributed by atoms with Crippen LogP contribution in [0.3, 0.4) is 0 Å². The van der Waals surface area contributed by atoms with E-state index in [2.05, 4.69) is 0 Å². The molecular weight excluding hydrogens is 284 g/mol. The largest absolute Gasteiger partial charge is 0.399 e. The van der Waals surface area contributed by atoms with Crippen LogP contribution in [0.1, 0.15) is 19.8 Å². The molecule has 1 aromatic rings. The van der Waals surface area contributed by atoms with Gasteiger partial charge in [0.25, 0.3) is 0 Å². The quantitative estimate of drug-likeness (QED) is 0.846. The highest BCUT2D eigenvalue weighted by Crippen LogP contribution is 2.27. The van der Waals surface area contributed by atoms with Crippen molar-refractivity contribution in [3.05, 3.63) is 23.2 Å². The summed E-state index contributed by atoms with van der Waals surface area (Å²) in [6, 6.07) is 5.16. The van der Waals surface area contributed by atoms with E-state index >= 15 is 0 Å². The van der Waals surface area contributed by atoms with Gasteiger partial charge in [0.1, 0.15) is 5.75 Å². The predicted molar refractivity (Wildman–Crippen MR) is 77.5 cm³/mol. The van der Waals surface area contributed by atoms with Crippen LogP contribution in [0.5, 0.6) is 0 Å². The summed E-state index contributed by atoms with van der Waals surface area (Å²) < 4.78 is 12.2. The monoisotopic (exact) mass is 300 g/mol. The van der Waals surface area contributed by atoms with Gasteiger partial charge in [0, 0.05) is 18.3 Å². The van der Waals surface area contributed by atoms with E-state index in [4.69, 9.17) is 17.3 Å². The van der Waals surface area contributed by atoms with E-state index in [1.54, 1.807) is 23.1 Å². The van der Waals surface area contributed by atoms with Gasteiger partial charge in [-0.3, -0.25) is 9.00 Å². The summed E-state index contributed by atoms with van der Waals surface area (Å²) >= 11 is 5.99. The normalized spacial score (nSPS) is 16.1. The highest BCUT2D eigenvalue weighted by molar-refractivity contribution is 7.85. The Morgan fingerprint density at radius 3 is 2.79 bits per heavy atom. The Kier molecular flexibility index (Phi) is 4.47. The summed E-state index contributed by atoms with van der Waals surface area (Å²) in [6.07, 6.45) is 2.09. The molecule has 0 aromatic heterocycles. The standard InChI is InChI=1S/C13H17ClN2O2S/c1-2-16(10-4-5-10)13(17)8-19(18)12-7-9(15)3-6-11(12)14/h3,6-7,10H,2,4-5,8,15H2,1H3. The molecule has 4 nitrogen and oxygen atoms in total. The average molecular weight is 301 g/mol. The van der Waals surface area contributed by atoms with Crippen molar-refractivity contribution < 1.29 is 9.00 Å². The van der Waals surface area contributed by atoms with Crippen molar-refractivity contribution in [1.29, 1.82) is 0 Å². The third-order valence-electron chi connectivity index (χ3n) is 3.10. The van der Waals surface area contributed by atoms with E-state index < -0.39 is 10.8 Å². The second-order valence-corrected chi connectivity index (χ2v) is 6.42. The van der Waals surface area contributed by atoms with Crippen LogP contribution >= 0.6 is 11.6 Å². The molecule has 0 heterocycles. The lowest BCUT2D eigenvalue weighted by Crippen LogP contribution is -2.36. The number of nitrogens with zero attached hydrogens (tertiary/aromatic N) is 1. The molecule has 1 atom stereocenters. The number of hydrogen-bond donors (Lipinski definition) is 1. The molecule has 1 aliphatic carbocycles. The number of anilines is 1. The second-order valence-electron chi connectivity index (χ2n) is 4.59. The zero-order chi connectivity index (χ0) is 14.0. The highest BCUT2D eigenvalue weighted by Gasteiger charge is 2.32. The number of hydrogen-bond acceptors (Lipinski definition) is 3. The Morgan fingerprint density at radius 1 is 1.53 bits per heavy atom. The van der Waals surface area contributed by atoms with Crippen LogP contribution < -0.4 is 5.73 Å². The van der Waals surface area contributed by atoms with Crippen LogP contribution in [0.25, 0.3) is 0 Å². The number of carbonyl (C=O) groups is 1. The number of rotatable bonds is 5. The maximum absolute atomic E-state index is 12.2. The minimum Gasteiger partial charge on any atom is -0.399 e. The lowest BCUT2D eigenvalue weighted by atomic mass is 10.3. The van der Waals surface area contributed by atoms with Gasteiger partial charge in [-0.2, -0.15) is 0 Å². The molecule has 0 saturated heterocycles. The molecule has 1 aromatic carbocycles. The second kappa shape index (κ2) is 5.92. The fraction of sp³-hybridized carbons (Fsp3) is 0.462. The molecule has 2 rings (SSSR count). The number of nitrogen functional groups attached to an aromatic ring is 1. The smallest absolute Gasteiger partial charge is 0.235 e. The molecule has 0 radical (unpaired) electrons. The van der Waals surface area contributed by atoms with Crippen molar-refractivity contribution in [2.24, 2.45) is 0 Å². The molecule has 0 bridgehead atoms. The van der Waals surface area contributed by atoms with Gasteiger partial charge in [0.2, 0.25) is 5.91 Å². The van der Waals surface area contributed by atoms with E-state index in [0.29, 0.717) is 28.2 Å². The minimum absolute atomic E-state index is 0.0342. The van der Waals surface area contributed by atoms with Crippen molar-refractivity contribution in [2.45, 2.75) is 30.7 Å². The molecule has 1 fully saturated rings. The van der Waals surface area contributed by atoms with Gasteiger partial charge in [-0.25, -0.2) is 0 Å². The van der Waals surface area contributed by atoms with E-state index in [0.717, 1.165) is 12.8 Å². The molecule has 19 heavy (non-hydrogen) atoms. The Hall–Kier alpha value is -1.07. The van der Waals surface area contributed by atoms with Crippen LogP contribution in [0.2, 0.25) is 5.02 Å². The van der Waals surface area contributed by atoms with Crippen LogP contribution in [0.4, 0.5) is 5.69 Å². The number of nitrogens with two attached hydrogens (primary N) is 1. The molecule has 1 aliphatic rings. The molecule has 1 saturated carbocycles. The summed E-state index contributed by atoms with van der Waals surface area (Å²) in [5.74, 6) is -0.116. The maximum Gasteiger partial charge on any atom is 0.235 e. The van der Waals surface area contributed by atoms with E-state index in [1.807, 2.05) is 6.92 Å². The van der Waals surface area contributed by atoms with E-state index in [-0.39, 0.29) is 11.7 Å². The van der Waals surface area contributed by atoms with Gasteiger partial charge in [0.05, 0.1) is 20.7 Å². The fourth-order valence-corrected chi connectivity index (χ4v) is 3.47. The molecule has 1 amide bonds. The van der Waals surface area contributed by atoms with Gasteiger partial charge < -0.3 is 10.6 Å². The summed E-state index contributed by atoms with van der Waals surface area (Å²) in [4.78, 5) is 14.3. The molecular formula is C13H17ClN2O2S. The molecule has 104 valence electrons.